The molecule has 0 saturated carbocycles. The monoisotopic (exact) mass is 292 g/mol. The molecular weight excluding hydrogens is 283 g/mol. The molecule has 5 heteroatoms. The topological polar surface area (TPSA) is 52.0 Å². The van der Waals surface area contributed by atoms with Gasteiger partial charge in [-0.15, -0.1) is 0 Å². The third-order valence-electron chi connectivity index (χ3n) is 2.99. The van der Waals surface area contributed by atoms with Crippen LogP contribution in [0.2, 0.25) is 10.0 Å². The summed E-state index contributed by atoms with van der Waals surface area (Å²) in [5, 5.41) is 0.691. The first-order chi connectivity index (χ1) is 9.08. The zero-order chi connectivity index (χ0) is 13.6. The Morgan fingerprint density at radius 1 is 1.21 bits per heavy atom. The number of hydrogen-bond donors (Lipinski definition) is 1. The molecule has 0 aliphatic heterocycles. The van der Waals surface area contributed by atoms with Gasteiger partial charge in [0.15, 0.2) is 5.58 Å². The van der Waals surface area contributed by atoms with E-state index in [0.29, 0.717) is 32.7 Å². The van der Waals surface area contributed by atoms with E-state index >= 15 is 0 Å². The summed E-state index contributed by atoms with van der Waals surface area (Å²) < 4.78 is 5.72. The molecular formula is C14H10Cl2N2O. The number of fused-ring (bicyclic) bond motifs is 1. The third-order valence-corrected chi connectivity index (χ3v) is 3.68. The van der Waals surface area contributed by atoms with Crippen molar-refractivity contribution in [3.05, 3.63) is 45.9 Å². The maximum atomic E-state index is 6.14. The summed E-state index contributed by atoms with van der Waals surface area (Å²) in [4.78, 5) is 4.41. The molecule has 0 bridgehead atoms. The van der Waals surface area contributed by atoms with E-state index in [0.717, 1.165) is 11.1 Å². The minimum Gasteiger partial charge on any atom is -0.436 e. The lowest BCUT2D eigenvalue weighted by molar-refractivity contribution is 0.619. The van der Waals surface area contributed by atoms with Crippen LogP contribution < -0.4 is 5.73 Å². The average Bonchev–Trinajstić information content (AvgIpc) is 2.80. The number of nitrogens with zero attached hydrogens (tertiary/aromatic N) is 1. The van der Waals surface area contributed by atoms with Gasteiger partial charge >= 0.3 is 0 Å². The highest BCUT2D eigenvalue weighted by atomic mass is 35.5. The fourth-order valence-electron chi connectivity index (χ4n) is 1.94. The van der Waals surface area contributed by atoms with Crippen molar-refractivity contribution in [1.82, 2.24) is 4.98 Å². The van der Waals surface area contributed by atoms with Gasteiger partial charge in [-0.1, -0.05) is 41.4 Å². The van der Waals surface area contributed by atoms with Crippen molar-refractivity contribution in [3.8, 4) is 11.5 Å². The number of hydrogen-bond acceptors (Lipinski definition) is 3. The SMILES string of the molecule is Cc1ccccc1-c1nc2c(Cl)c(N)c(Cl)cc2o1. The Balaban J connectivity index is 2.29. The molecule has 0 spiro atoms. The normalized spacial score (nSPS) is 11.1. The van der Waals surface area contributed by atoms with E-state index in [1.807, 2.05) is 31.2 Å². The first-order valence-electron chi connectivity index (χ1n) is 5.68. The van der Waals surface area contributed by atoms with Gasteiger partial charge in [0.05, 0.1) is 15.7 Å². The Morgan fingerprint density at radius 3 is 2.68 bits per heavy atom. The molecule has 1 heterocycles. The van der Waals surface area contributed by atoms with Gasteiger partial charge in [-0.05, 0) is 18.6 Å². The maximum Gasteiger partial charge on any atom is 0.227 e. The van der Waals surface area contributed by atoms with E-state index in [2.05, 4.69) is 4.98 Å². The highest BCUT2D eigenvalue weighted by Crippen LogP contribution is 2.37. The largest absolute Gasteiger partial charge is 0.436 e. The number of anilines is 1. The van der Waals surface area contributed by atoms with Crippen LogP contribution >= 0.6 is 23.2 Å². The van der Waals surface area contributed by atoms with Gasteiger partial charge < -0.3 is 10.2 Å². The lowest BCUT2D eigenvalue weighted by Gasteiger charge is -1.99. The Kier molecular flexibility index (Phi) is 2.88. The zero-order valence-electron chi connectivity index (χ0n) is 10.1. The molecule has 3 nitrogen and oxygen atoms in total. The van der Waals surface area contributed by atoms with Crippen molar-refractivity contribution in [1.29, 1.82) is 0 Å². The number of benzene rings is 2. The fourth-order valence-corrected chi connectivity index (χ4v) is 2.42. The molecule has 19 heavy (non-hydrogen) atoms. The maximum absolute atomic E-state index is 6.14. The number of nitrogens with two attached hydrogens (primary N) is 1. The van der Waals surface area contributed by atoms with E-state index in [-0.39, 0.29) is 0 Å². The van der Waals surface area contributed by atoms with Crippen LogP contribution in [0.25, 0.3) is 22.6 Å². The van der Waals surface area contributed by atoms with Gasteiger partial charge in [0, 0.05) is 11.6 Å². The first kappa shape index (κ1) is 12.3. The summed E-state index contributed by atoms with van der Waals surface area (Å²) in [7, 11) is 0. The summed E-state index contributed by atoms with van der Waals surface area (Å²) in [5.41, 5.74) is 9.15. The summed E-state index contributed by atoms with van der Waals surface area (Å²) in [6, 6.07) is 9.46. The standard InChI is InChI=1S/C14H10Cl2N2O/c1-7-4-2-3-5-8(7)14-18-13-10(19-14)6-9(15)12(17)11(13)16/h2-6H,17H2,1H3. The zero-order valence-corrected chi connectivity index (χ0v) is 11.6. The molecule has 3 aromatic rings. The Labute approximate surface area is 119 Å². The number of rotatable bonds is 1. The van der Waals surface area contributed by atoms with Crippen LogP contribution in [0.15, 0.2) is 34.7 Å². The van der Waals surface area contributed by atoms with Crippen LogP contribution in [0.4, 0.5) is 5.69 Å². The molecule has 2 N–H and O–H groups in total. The second kappa shape index (κ2) is 4.44. The van der Waals surface area contributed by atoms with Crippen molar-refractivity contribution >= 4 is 40.0 Å². The molecule has 0 fully saturated rings. The number of aromatic nitrogens is 1. The second-order valence-electron chi connectivity index (χ2n) is 4.27. The predicted molar refractivity (Wildman–Crippen MR) is 78.6 cm³/mol. The quantitative estimate of drug-likeness (QED) is 0.662. The Bertz CT molecular complexity index is 780. The highest BCUT2D eigenvalue weighted by Gasteiger charge is 2.16. The molecule has 96 valence electrons. The van der Waals surface area contributed by atoms with Crippen LogP contribution in [-0.2, 0) is 0 Å². The van der Waals surface area contributed by atoms with Crippen LogP contribution in [0.1, 0.15) is 5.56 Å². The molecule has 0 atom stereocenters. The third kappa shape index (κ3) is 1.95. The average molecular weight is 293 g/mol. The van der Waals surface area contributed by atoms with Gasteiger partial charge in [0.25, 0.3) is 0 Å². The van der Waals surface area contributed by atoms with Crippen LogP contribution in [-0.4, -0.2) is 4.98 Å². The first-order valence-corrected chi connectivity index (χ1v) is 6.43. The van der Waals surface area contributed by atoms with Crippen LogP contribution in [0.3, 0.4) is 0 Å². The van der Waals surface area contributed by atoms with Crippen LogP contribution in [0.5, 0.6) is 0 Å². The van der Waals surface area contributed by atoms with Crippen molar-refractivity contribution < 1.29 is 4.42 Å². The molecule has 1 aromatic heterocycles. The summed E-state index contributed by atoms with van der Waals surface area (Å²) in [5.74, 6) is 0.511. The Morgan fingerprint density at radius 2 is 1.95 bits per heavy atom. The van der Waals surface area contributed by atoms with Gasteiger partial charge in [-0.2, -0.15) is 0 Å². The van der Waals surface area contributed by atoms with E-state index in [1.165, 1.54) is 0 Å². The summed E-state index contributed by atoms with van der Waals surface area (Å²) >= 11 is 12.1. The van der Waals surface area contributed by atoms with E-state index in [1.54, 1.807) is 6.07 Å². The van der Waals surface area contributed by atoms with E-state index in [9.17, 15) is 0 Å². The Hall–Kier alpha value is -1.71. The minimum absolute atomic E-state index is 0.320. The number of aryl methyl sites for hydroxylation is 1. The number of oxazole rings is 1. The molecule has 0 saturated heterocycles. The summed E-state index contributed by atoms with van der Waals surface area (Å²) in [6.45, 7) is 1.99. The molecule has 0 amide bonds. The predicted octanol–water partition coefficient (Wildman–Crippen LogP) is 4.69. The molecule has 0 unspecified atom stereocenters. The van der Waals surface area contributed by atoms with Crippen molar-refractivity contribution in [2.24, 2.45) is 0 Å². The fraction of sp³-hybridized carbons (Fsp3) is 0.0714. The summed E-state index contributed by atoms with van der Waals surface area (Å²) in [6.07, 6.45) is 0. The second-order valence-corrected chi connectivity index (χ2v) is 5.05. The molecule has 0 aliphatic rings. The van der Waals surface area contributed by atoms with Gasteiger partial charge in [-0.3, -0.25) is 0 Å². The smallest absolute Gasteiger partial charge is 0.227 e. The van der Waals surface area contributed by atoms with Crippen molar-refractivity contribution in [2.45, 2.75) is 6.92 Å². The molecule has 3 rings (SSSR count). The van der Waals surface area contributed by atoms with Crippen molar-refractivity contribution in [2.75, 3.05) is 5.73 Å². The van der Waals surface area contributed by atoms with Gasteiger partial charge in [-0.25, -0.2) is 4.98 Å². The highest BCUT2D eigenvalue weighted by molar-refractivity contribution is 6.42. The van der Waals surface area contributed by atoms with Crippen molar-refractivity contribution in [3.63, 3.8) is 0 Å². The minimum atomic E-state index is 0.320. The van der Waals surface area contributed by atoms with Crippen LogP contribution in [0, 0.1) is 6.92 Å². The van der Waals surface area contributed by atoms with E-state index in [4.69, 9.17) is 33.4 Å². The number of nitrogen functional groups attached to an aromatic ring is 1. The number of halogens is 2. The lowest BCUT2D eigenvalue weighted by Crippen LogP contribution is -1.88. The van der Waals surface area contributed by atoms with Gasteiger partial charge in [0.1, 0.15) is 5.52 Å². The molecule has 2 aromatic carbocycles. The lowest BCUT2D eigenvalue weighted by atomic mass is 10.1. The molecule has 0 radical (unpaired) electrons. The molecule has 0 aliphatic carbocycles. The van der Waals surface area contributed by atoms with Gasteiger partial charge in [0.2, 0.25) is 5.89 Å². The van der Waals surface area contributed by atoms with E-state index < -0.39 is 0 Å².